The van der Waals surface area contributed by atoms with Gasteiger partial charge in [0.15, 0.2) is 0 Å². The van der Waals surface area contributed by atoms with Crippen LogP contribution in [0.4, 0.5) is 0 Å². The van der Waals surface area contributed by atoms with Crippen LogP contribution in [-0.2, 0) is 18.1 Å². The van der Waals surface area contributed by atoms with Gasteiger partial charge < -0.3 is 28.3 Å². The minimum absolute atomic E-state index is 0.672. The Morgan fingerprint density at radius 3 is 2.14 bits per heavy atom. The van der Waals surface area contributed by atoms with Crippen molar-refractivity contribution in [3.05, 3.63) is 0 Å². The minimum atomic E-state index is -4.64. The van der Waals surface area contributed by atoms with Crippen molar-refractivity contribution in [2.24, 2.45) is 0 Å². The van der Waals surface area contributed by atoms with Crippen molar-refractivity contribution in [2.45, 2.75) is 13.3 Å². The first-order valence-electron chi connectivity index (χ1n) is 3.90. The molecule has 1 fully saturated rings. The van der Waals surface area contributed by atoms with Gasteiger partial charge in [-0.3, -0.25) is 0 Å². The van der Waals surface area contributed by atoms with E-state index in [0.29, 0.717) is 6.61 Å². The maximum absolute atomic E-state index is 8.88. The summed E-state index contributed by atoms with van der Waals surface area (Å²) in [6, 6.07) is 0. The summed E-state index contributed by atoms with van der Waals surface area (Å²) in [4.78, 5) is 21.6. The van der Waals surface area contributed by atoms with E-state index in [9.17, 15) is 0 Å². The molecule has 0 amide bonds. The van der Waals surface area contributed by atoms with Crippen molar-refractivity contribution in [1.29, 1.82) is 0 Å². The van der Waals surface area contributed by atoms with Crippen molar-refractivity contribution in [3.63, 3.8) is 0 Å². The third-order valence-electron chi connectivity index (χ3n) is 0.917. The van der Waals surface area contributed by atoms with Crippen LogP contribution in [0.3, 0.4) is 0 Å². The van der Waals surface area contributed by atoms with Crippen LogP contribution >= 0.6 is 16.4 Å². The predicted molar refractivity (Wildman–Crippen MR) is 49.3 cm³/mol. The van der Waals surface area contributed by atoms with Gasteiger partial charge in [-0.25, -0.2) is 4.57 Å². The fraction of sp³-hybridized carbons (Fsp3) is 1.00. The molecular formula is C5H14O7P2. The fourth-order valence-electron chi connectivity index (χ4n) is 0.554. The summed E-state index contributed by atoms with van der Waals surface area (Å²) in [6.45, 7) is 4.17. The Morgan fingerprint density at radius 1 is 1.36 bits per heavy atom. The van der Waals surface area contributed by atoms with E-state index in [0.717, 1.165) is 19.6 Å². The lowest BCUT2D eigenvalue weighted by molar-refractivity contribution is 0.119. The summed E-state index contributed by atoms with van der Waals surface area (Å²) in [5.74, 6) is 0. The number of hydrogen-bond acceptors (Lipinski definition) is 4. The van der Waals surface area contributed by atoms with Crippen molar-refractivity contribution in [1.82, 2.24) is 0 Å². The number of phosphoric acid groups is 1. The van der Waals surface area contributed by atoms with Crippen molar-refractivity contribution in [3.8, 4) is 0 Å². The summed E-state index contributed by atoms with van der Waals surface area (Å²) < 4.78 is 24.3. The lowest BCUT2D eigenvalue weighted by Gasteiger charge is -2.19. The molecule has 1 aliphatic rings. The number of rotatable bonds is 2. The van der Waals surface area contributed by atoms with Crippen molar-refractivity contribution < 1.29 is 32.8 Å². The van der Waals surface area contributed by atoms with Gasteiger partial charge in [0.1, 0.15) is 0 Å². The van der Waals surface area contributed by atoms with Crippen LogP contribution < -0.4 is 0 Å². The van der Waals surface area contributed by atoms with E-state index in [1.807, 2.05) is 6.92 Å². The Balaban J connectivity index is 0.000000292. The minimum Gasteiger partial charge on any atom is -0.313 e. The molecule has 9 heteroatoms. The number of hydrogen-bond donors (Lipinski definition) is 3. The highest BCUT2D eigenvalue weighted by atomic mass is 31.2. The Morgan fingerprint density at radius 2 is 1.79 bits per heavy atom. The van der Waals surface area contributed by atoms with Gasteiger partial charge >= 0.3 is 16.4 Å². The second kappa shape index (κ2) is 7.68. The van der Waals surface area contributed by atoms with Crippen LogP contribution in [0.2, 0.25) is 0 Å². The lowest BCUT2D eigenvalue weighted by atomic mass is 10.5. The molecule has 0 aromatic rings. The molecule has 1 saturated heterocycles. The summed E-state index contributed by atoms with van der Waals surface area (Å²) in [5, 5.41) is 0. The highest BCUT2D eigenvalue weighted by Crippen LogP contribution is 2.41. The molecule has 0 spiro atoms. The van der Waals surface area contributed by atoms with Crippen LogP contribution in [0, 0.1) is 0 Å². The first-order valence-corrected chi connectivity index (χ1v) is 6.56. The predicted octanol–water partition coefficient (Wildman–Crippen LogP) is 0.758. The Bertz CT molecular complexity index is 164. The van der Waals surface area contributed by atoms with E-state index in [4.69, 9.17) is 32.8 Å². The average Bonchev–Trinajstić information content (AvgIpc) is 2.03. The smallest absolute Gasteiger partial charge is 0.313 e. The third-order valence-corrected chi connectivity index (χ3v) is 2.17. The summed E-state index contributed by atoms with van der Waals surface area (Å²) in [5.41, 5.74) is 0. The maximum atomic E-state index is 8.88. The second-order valence-corrected chi connectivity index (χ2v) is 4.42. The Labute approximate surface area is 83.2 Å². The molecule has 1 heterocycles. The van der Waals surface area contributed by atoms with Crippen LogP contribution in [0.5, 0.6) is 0 Å². The Kier molecular flexibility index (Phi) is 7.91. The van der Waals surface area contributed by atoms with Gasteiger partial charge in [-0.2, -0.15) is 0 Å². The summed E-state index contributed by atoms with van der Waals surface area (Å²) >= 11 is 0. The average molecular weight is 248 g/mol. The molecule has 0 atom stereocenters. The Hall–Kier alpha value is 0.420. The molecule has 86 valence electrons. The summed E-state index contributed by atoms with van der Waals surface area (Å²) in [7, 11) is -5.61. The van der Waals surface area contributed by atoms with Gasteiger partial charge in [0, 0.05) is 0 Å². The van der Waals surface area contributed by atoms with E-state index < -0.39 is 16.4 Å². The van der Waals surface area contributed by atoms with Gasteiger partial charge in [0.05, 0.1) is 19.8 Å². The van der Waals surface area contributed by atoms with E-state index in [1.54, 1.807) is 0 Å². The first-order chi connectivity index (χ1) is 6.43. The quantitative estimate of drug-likeness (QED) is 0.619. The molecule has 0 unspecified atom stereocenters. The summed E-state index contributed by atoms with van der Waals surface area (Å²) in [6.07, 6.45) is 0.992. The zero-order valence-corrected chi connectivity index (χ0v) is 9.49. The van der Waals surface area contributed by atoms with Gasteiger partial charge in [-0.15, -0.1) is 0 Å². The van der Waals surface area contributed by atoms with Crippen molar-refractivity contribution >= 4 is 16.4 Å². The van der Waals surface area contributed by atoms with E-state index in [2.05, 4.69) is 0 Å². The first kappa shape index (κ1) is 14.4. The lowest BCUT2D eigenvalue weighted by Crippen LogP contribution is -2.06. The zero-order chi connectivity index (χ0) is 11.0. The normalized spacial score (nSPS) is 18.6. The monoisotopic (exact) mass is 248 g/mol. The molecule has 0 aromatic carbocycles. The van der Waals surface area contributed by atoms with Gasteiger partial charge in [0.25, 0.3) is 0 Å². The fourth-order valence-corrected chi connectivity index (χ4v) is 1.55. The van der Waals surface area contributed by atoms with E-state index >= 15 is 0 Å². The molecule has 7 nitrogen and oxygen atoms in total. The molecule has 0 radical (unpaired) electrons. The van der Waals surface area contributed by atoms with E-state index in [1.165, 1.54) is 0 Å². The van der Waals surface area contributed by atoms with E-state index in [-0.39, 0.29) is 0 Å². The highest BCUT2D eigenvalue weighted by molar-refractivity contribution is 7.45. The molecule has 14 heavy (non-hydrogen) atoms. The van der Waals surface area contributed by atoms with Crippen LogP contribution in [0.25, 0.3) is 0 Å². The largest absolute Gasteiger partial charge is 0.466 e. The molecule has 0 aliphatic carbocycles. The molecule has 1 rings (SSSR count). The van der Waals surface area contributed by atoms with Crippen molar-refractivity contribution in [2.75, 3.05) is 19.8 Å². The van der Waals surface area contributed by atoms with Crippen LogP contribution in [0.1, 0.15) is 13.3 Å². The maximum Gasteiger partial charge on any atom is 0.466 e. The van der Waals surface area contributed by atoms with Crippen LogP contribution in [0.15, 0.2) is 0 Å². The molecule has 0 saturated carbocycles. The highest BCUT2D eigenvalue weighted by Gasteiger charge is 2.14. The van der Waals surface area contributed by atoms with Gasteiger partial charge in [0.2, 0.25) is 0 Å². The SMILES string of the molecule is CCOP1OCCCO1.O=P(O)(O)O. The van der Waals surface area contributed by atoms with Crippen LogP contribution in [-0.4, -0.2) is 34.5 Å². The molecule has 1 aliphatic heterocycles. The molecule has 0 bridgehead atoms. The van der Waals surface area contributed by atoms with Gasteiger partial charge in [-0.05, 0) is 13.3 Å². The molecule has 3 N–H and O–H groups in total. The zero-order valence-electron chi connectivity index (χ0n) is 7.70. The third kappa shape index (κ3) is 12.4. The second-order valence-electron chi connectivity index (χ2n) is 2.17. The van der Waals surface area contributed by atoms with Gasteiger partial charge in [-0.1, -0.05) is 0 Å². The topological polar surface area (TPSA) is 105 Å². The standard InChI is InChI=1S/C5H11O3P.H3O4P/c1-2-6-9-7-4-3-5-8-9;1-5(2,3)4/h2-5H2,1H3;(H3,1,2,3,4). The molecule has 0 aromatic heterocycles. The molecular weight excluding hydrogens is 234 g/mol.